The van der Waals surface area contributed by atoms with Crippen molar-refractivity contribution in [1.82, 2.24) is 47.9 Å². The summed E-state index contributed by atoms with van der Waals surface area (Å²) < 4.78 is 134. The number of nitrogens with one attached hydrogen (secondary N) is 9. The molecule has 0 saturated carbocycles. The molecule has 0 bridgehead atoms. The SMILES string of the molecule is C.CCCCCCCC(=O)NCCCC[C@H](NC(=O)[C@H](CCCCNC(=O)COCCOCCOCCOC1O[C@H](COC(C)=O)[C@H](OC(C)=O)[C@H](OC(C)=O)[C@H]1NC(C)=O)NC(=O)[C@H](CCCCNC(=O)COCCOCCOCCO[C@@H]1O[C@H](COC(C)=O)[C@H](OC(C)=O)[C@H](OC(C)=O)[C@H]1NC(C)=O)NC(=O)COCCOCCOCCO[C@@H]1O[C@H](COC(C)=O)[C@H](OC(C)=O)[C@H](OC(C)=O)[C@H]1NC(C)=O)C(=O)O. The van der Waals surface area contributed by atoms with E-state index in [0.29, 0.717) is 12.8 Å². The number of ether oxygens (including phenoxy) is 24. The monoisotopic (exact) mass is 2100 g/mol. The van der Waals surface area contributed by atoms with Gasteiger partial charge in [-0.1, -0.05) is 40.0 Å². The second-order valence-corrected chi connectivity index (χ2v) is 33.4. The highest BCUT2D eigenvalue weighted by molar-refractivity contribution is 5.93. The van der Waals surface area contributed by atoms with Crippen LogP contribution in [0.25, 0.3) is 0 Å². The minimum Gasteiger partial charge on any atom is -0.480 e. The minimum absolute atomic E-state index is 0. The van der Waals surface area contributed by atoms with Gasteiger partial charge in [0.1, 0.15) is 94.2 Å². The average Bonchev–Trinajstić information content (AvgIpc) is 0.793. The Kier molecular flexibility index (Phi) is 69.9. The number of esters is 9. The van der Waals surface area contributed by atoms with Crippen LogP contribution in [-0.2, 0) is 205 Å². The molecular weight excluding hydrogens is 1950 g/mol. The lowest BCUT2D eigenvalue weighted by Gasteiger charge is -2.44. The summed E-state index contributed by atoms with van der Waals surface area (Å²) in [6.07, 6.45) is -9.13. The maximum atomic E-state index is 14.6. The third kappa shape index (κ3) is 60.0. The molecule has 1 unspecified atom stereocenters. The highest BCUT2D eigenvalue weighted by atomic mass is 16.7. The molecule has 0 aliphatic carbocycles. The van der Waals surface area contributed by atoms with E-state index in [2.05, 4.69) is 54.8 Å². The number of aliphatic carboxylic acids is 1. The van der Waals surface area contributed by atoms with Gasteiger partial charge in [-0.25, -0.2) is 4.79 Å². The maximum absolute atomic E-state index is 14.6. The molecule has 0 spiro atoms. The van der Waals surface area contributed by atoms with E-state index in [1.54, 1.807) is 0 Å². The van der Waals surface area contributed by atoms with Crippen molar-refractivity contribution in [3.05, 3.63) is 0 Å². The van der Waals surface area contributed by atoms with Gasteiger partial charge in [-0.3, -0.25) is 86.3 Å². The number of carboxylic acid groups (broad SMARTS) is 1. The number of carbonyl (C=O) groups excluding carboxylic acids is 18. The molecule has 53 heteroatoms. The summed E-state index contributed by atoms with van der Waals surface area (Å²) in [6, 6.07) is -7.81. The molecular formula is C93H155N9O44. The second kappa shape index (κ2) is 77.7. The molecule has 0 aromatic carbocycles. The summed E-state index contributed by atoms with van der Waals surface area (Å²) in [7, 11) is 0. The third-order valence-electron chi connectivity index (χ3n) is 20.8. The molecule has 146 heavy (non-hydrogen) atoms. The van der Waals surface area contributed by atoms with Crippen LogP contribution >= 0.6 is 0 Å². The van der Waals surface area contributed by atoms with Crippen molar-refractivity contribution in [2.24, 2.45) is 0 Å². The zero-order valence-corrected chi connectivity index (χ0v) is 85.1. The van der Waals surface area contributed by atoms with Gasteiger partial charge >= 0.3 is 59.7 Å². The first-order valence-corrected chi connectivity index (χ1v) is 48.4. The third-order valence-corrected chi connectivity index (χ3v) is 20.8. The van der Waals surface area contributed by atoms with Crippen LogP contribution in [0.4, 0.5) is 0 Å². The van der Waals surface area contributed by atoms with Crippen LogP contribution < -0.4 is 47.9 Å². The number of hydrogen-bond acceptors (Lipinski definition) is 43. The fraction of sp³-hybridized carbons (Fsp3) is 0.796. The maximum Gasteiger partial charge on any atom is 0.326 e. The predicted octanol–water partition coefficient (Wildman–Crippen LogP) is -1.45. The Labute approximate surface area is 849 Å². The van der Waals surface area contributed by atoms with Gasteiger partial charge in [-0.2, -0.15) is 0 Å². The summed E-state index contributed by atoms with van der Waals surface area (Å²) in [4.78, 5) is 239. The van der Waals surface area contributed by atoms with Gasteiger partial charge in [0.05, 0.1) is 119 Å². The predicted molar refractivity (Wildman–Crippen MR) is 501 cm³/mol. The van der Waals surface area contributed by atoms with E-state index in [-0.39, 0.29) is 216 Å². The van der Waals surface area contributed by atoms with Crippen LogP contribution in [0.3, 0.4) is 0 Å². The highest BCUT2D eigenvalue weighted by Gasteiger charge is 2.55. The highest BCUT2D eigenvalue weighted by Crippen LogP contribution is 2.32. The molecule has 3 aliphatic rings. The molecule has 0 aromatic heterocycles. The Balaban J connectivity index is 0.0000720. The Morgan fingerprint density at radius 2 is 0.541 bits per heavy atom. The number of rotatable bonds is 78. The standard InChI is InChI=1S/C92H151N9O44.CH4/c1-14-15-16-17-18-28-74(114)93-29-24-21-27-70(89(120)121)101-88(119)69(26-20-23-31-95-76(116)54-129-42-39-123-33-36-126-45-48-132-91-79(97-57(3)103)85(141-66(12)112)82(138-63(9)109)72(144-91)51-135-60(6)106)100-87(118)68(99-77(117)55-130-43-40-124-34-37-127-46-49-133-92-80(98-58(4)104)86(142-67(13)113)83(139-64(10)110)73(145-92)52-136-61(7)107)25-19-22-30-94-75(115)53-128-41-38-122-32-35-125-44-47-131-90-78(96-56(2)102)84(140-65(11)111)81(137-62(8)108)71(143-90)50-134-59(5)105;/h68-73,78-86,90-92H,14-55H2,1-13H3,(H,93,114)(H,94,115)(H,95,116)(H,96,102)(H,97,103)(H,98,104)(H,99,117)(H,100,118)(H,101,119)(H,120,121);1H4/t68-,69-,70-,71+,72+,73+,78+,79+,80+,81-,82-,83-,84+,85+,86+,90+,91?,92+;/m0./s1. The lowest BCUT2D eigenvalue weighted by atomic mass is 9.96. The van der Waals surface area contributed by atoms with E-state index in [0.717, 1.165) is 94.4 Å². The topological polar surface area (TPSA) is 674 Å². The van der Waals surface area contributed by atoms with Crippen molar-refractivity contribution in [2.75, 3.05) is 178 Å². The van der Waals surface area contributed by atoms with Gasteiger partial charge in [0, 0.05) is 109 Å². The Morgan fingerprint density at radius 3 is 0.829 bits per heavy atom. The molecule has 836 valence electrons. The first-order valence-electron chi connectivity index (χ1n) is 48.4. The molecule has 3 aliphatic heterocycles. The lowest BCUT2D eigenvalue weighted by Crippen LogP contribution is -2.66. The number of hydrogen-bond donors (Lipinski definition) is 10. The van der Waals surface area contributed by atoms with E-state index in [1.807, 2.05) is 0 Å². The van der Waals surface area contributed by atoms with Gasteiger partial charge in [0.25, 0.3) is 0 Å². The van der Waals surface area contributed by atoms with Crippen LogP contribution in [0, 0.1) is 0 Å². The van der Waals surface area contributed by atoms with Crippen LogP contribution in [-0.4, -0.2) is 406 Å². The van der Waals surface area contributed by atoms with Crippen molar-refractivity contribution in [3.63, 3.8) is 0 Å². The van der Waals surface area contributed by atoms with Gasteiger partial charge < -0.3 is 167 Å². The zero-order chi connectivity index (χ0) is 107. The summed E-state index contributed by atoms with van der Waals surface area (Å²) in [5, 5.41) is 34.4. The summed E-state index contributed by atoms with van der Waals surface area (Å²) >= 11 is 0. The molecule has 3 rings (SSSR count). The van der Waals surface area contributed by atoms with E-state index < -0.39 is 243 Å². The van der Waals surface area contributed by atoms with Gasteiger partial charge in [-0.15, -0.1) is 0 Å². The van der Waals surface area contributed by atoms with Crippen molar-refractivity contribution in [2.45, 2.75) is 304 Å². The quantitative estimate of drug-likeness (QED) is 0.0189. The molecule has 3 saturated heterocycles. The van der Waals surface area contributed by atoms with E-state index >= 15 is 0 Å². The molecule has 0 aromatic rings. The van der Waals surface area contributed by atoms with Crippen LogP contribution in [0.5, 0.6) is 0 Å². The number of amides is 9. The fourth-order valence-corrected chi connectivity index (χ4v) is 14.5. The molecule has 10 N–H and O–H groups in total. The fourth-order valence-electron chi connectivity index (χ4n) is 14.5. The van der Waals surface area contributed by atoms with Crippen LogP contribution in [0.2, 0.25) is 0 Å². The number of carbonyl (C=O) groups is 19. The van der Waals surface area contributed by atoms with Gasteiger partial charge in [-0.05, 0) is 64.2 Å². The van der Waals surface area contributed by atoms with Crippen molar-refractivity contribution in [1.29, 1.82) is 0 Å². The first-order chi connectivity index (χ1) is 69.2. The zero-order valence-electron chi connectivity index (χ0n) is 85.1. The lowest BCUT2D eigenvalue weighted by molar-refractivity contribution is -0.279. The normalized spacial score (nSPS) is 21.0. The smallest absolute Gasteiger partial charge is 0.326 e. The van der Waals surface area contributed by atoms with Crippen molar-refractivity contribution in [3.8, 4) is 0 Å². The van der Waals surface area contributed by atoms with Crippen LogP contribution in [0.1, 0.15) is 194 Å². The molecule has 3 heterocycles. The summed E-state index contributed by atoms with van der Waals surface area (Å²) in [5.41, 5.74) is 0. The molecule has 3 fully saturated rings. The Hall–Kier alpha value is -10.7. The van der Waals surface area contributed by atoms with Crippen molar-refractivity contribution < 1.29 is 210 Å². The van der Waals surface area contributed by atoms with Gasteiger partial charge in [0.2, 0.25) is 53.2 Å². The molecule has 18 atom stereocenters. The Bertz CT molecular complexity index is 3950. The van der Waals surface area contributed by atoms with E-state index in [1.165, 1.54) is 20.8 Å². The molecule has 9 amide bonds. The molecule has 53 nitrogen and oxygen atoms in total. The number of carboxylic acids is 1. The van der Waals surface area contributed by atoms with E-state index in [9.17, 15) is 96.2 Å². The summed E-state index contributed by atoms with van der Waals surface area (Å²) in [6.45, 7) is 13.1. The first kappa shape index (κ1) is 131. The molecule has 0 radical (unpaired) electrons. The van der Waals surface area contributed by atoms with E-state index in [4.69, 9.17) is 114 Å². The minimum atomic E-state index is -1.45. The average molecular weight is 2100 g/mol. The Morgan fingerprint density at radius 1 is 0.281 bits per heavy atom. The number of unbranched alkanes of at least 4 members (excludes halogenated alkanes) is 7. The second-order valence-electron chi connectivity index (χ2n) is 33.4. The summed E-state index contributed by atoms with van der Waals surface area (Å²) in [5.74, 6) is -13.5. The van der Waals surface area contributed by atoms with Gasteiger partial charge in [0.15, 0.2) is 55.5 Å². The van der Waals surface area contributed by atoms with Crippen molar-refractivity contribution >= 4 is 113 Å². The largest absolute Gasteiger partial charge is 0.480 e. The van der Waals surface area contributed by atoms with Crippen LogP contribution in [0.15, 0.2) is 0 Å².